The van der Waals surface area contributed by atoms with Crippen molar-refractivity contribution in [3.63, 3.8) is 0 Å². The van der Waals surface area contributed by atoms with Crippen LogP contribution >= 0.6 is 31.9 Å². The van der Waals surface area contributed by atoms with Gasteiger partial charge in [0.25, 0.3) is 0 Å². The van der Waals surface area contributed by atoms with Gasteiger partial charge < -0.3 is 4.74 Å². The first-order valence-corrected chi connectivity index (χ1v) is 8.11. The molecule has 4 nitrogen and oxygen atoms in total. The zero-order chi connectivity index (χ0) is 15.6. The monoisotopic (exact) mass is 413 g/mol. The van der Waals surface area contributed by atoms with Crippen LogP contribution in [0.5, 0.6) is 11.5 Å². The Bertz CT molecular complexity index is 702. The number of aryl methyl sites for hydroxylation is 2. The average Bonchev–Trinajstić information content (AvgIpc) is 2.41. The molecule has 0 radical (unpaired) electrons. The quantitative estimate of drug-likeness (QED) is 0.368. The lowest BCUT2D eigenvalue weighted by molar-refractivity contribution is -0.385. The van der Waals surface area contributed by atoms with Gasteiger partial charge in [-0.05, 0) is 42.7 Å². The lowest BCUT2D eigenvalue weighted by Crippen LogP contribution is -1.97. The summed E-state index contributed by atoms with van der Waals surface area (Å²) in [6, 6.07) is 8.89. The summed E-state index contributed by atoms with van der Waals surface area (Å²) < 4.78 is 6.64. The zero-order valence-corrected chi connectivity index (χ0v) is 14.7. The highest BCUT2D eigenvalue weighted by Crippen LogP contribution is 2.36. The molecule has 2 rings (SSSR count). The molecule has 2 aromatic rings. The molecule has 0 bridgehead atoms. The van der Waals surface area contributed by atoms with Gasteiger partial charge in [0.15, 0.2) is 0 Å². The molecule has 2 aromatic carbocycles. The van der Waals surface area contributed by atoms with Gasteiger partial charge in [-0.25, -0.2) is 0 Å². The molecular weight excluding hydrogens is 402 g/mol. The van der Waals surface area contributed by atoms with Crippen LogP contribution in [0.3, 0.4) is 0 Å². The largest absolute Gasteiger partial charge is 0.450 e. The maximum atomic E-state index is 11.2. The average molecular weight is 415 g/mol. The molecule has 0 amide bonds. The van der Waals surface area contributed by atoms with E-state index in [0.29, 0.717) is 5.75 Å². The molecule has 0 aliphatic heterocycles. The summed E-state index contributed by atoms with van der Waals surface area (Å²) in [6.45, 7) is 3.63. The fourth-order valence-corrected chi connectivity index (χ4v) is 3.38. The third-order valence-electron chi connectivity index (χ3n) is 2.98. The number of benzene rings is 2. The third kappa shape index (κ3) is 3.63. The van der Waals surface area contributed by atoms with Crippen molar-refractivity contribution in [1.29, 1.82) is 0 Å². The minimum atomic E-state index is -0.419. The summed E-state index contributed by atoms with van der Waals surface area (Å²) >= 11 is 6.84. The zero-order valence-electron chi connectivity index (χ0n) is 11.5. The number of nitro groups is 1. The van der Waals surface area contributed by atoms with Crippen LogP contribution in [0.4, 0.5) is 5.69 Å². The fraction of sp³-hybridized carbons (Fsp3) is 0.200. The summed E-state index contributed by atoms with van der Waals surface area (Å²) in [5, 5.41) is 11.9. The van der Waals surface area contributed by atoms with Crippen molar-refractivity contribution in [1.82, 2.24) is 0 Å². The van der Waals surface area contributed by atoms with Crippen molar-refractivity contribution in [3.8, 4) is 11.5 Å². The molecule has 0 saturated carbocycles. The minimum absolute atomic E-state index is 0.0202. The number of alkyl halides is 1. The number of hydrogen-bond acceptors (Lipinski definition) is 3. The lowest BCUT2D eigenvalue weighted by Gasteiger charge is -2.11. The van der Waals surface area contributed by atoms with Gasteiger partial charge in [-0.15, -0.1) is 0 Å². The molecule has 110 valence electrons. The van der Waals surface area contributed by atoms with E-state index < -0.39 is 4.92 Å². The molecule has 0 spiro atoms. The summed E-state index contributed by atoms with van der Waals surface area (Å²) in [5.41, 5.74) is 2.63. The molecule has 0 aliphatic rings. The molecular formula is C15H13Br2NO3. The minimum Gasteiger partial charge on any atom is -0.450 e. The molecule has 0 aromatic heterocycles. The smallest absolute Gasteiger partial charge is 0.312 e. The van der Waals surface area contributed by atoms with Gasteiger partial charge in [-0.1, -0.05) is 44.0 Å². The predicted molar refractivity (Wildman–Crippen MR) is 89.4 cm³/mol. The van der Waals surface area contributed by atoms with Crippen LogP contribution in [-0.2, 0) is 5.33 Å². The molecule has 6 heteroatoms. The molecule has 0 aliphatic carbocycles. The number of hydrogen-bond donors (Lipinski definition) is 0. The first kappa shape index (κ1) is 16.0. The Morgan fingerprint density at radius 3 is 2.52 bits per heavy atom. The van der Waals surface area contributed by atoms with E-state index in [0.717, 1.165) is 26.5 Å². The molecule has 0 unspecified atom stereocenters. The molecule has 0 atom stereocenters. The van der Waals surface area contributed by atoms with Crippen molar-refractivity contribution in [3.05, 3.63) is 61.6 Å². The second kappa shape index (κ2) is 6.58. The van der Waals surface area contributed by atoms with E-state index in [1.54, 1.807) is 19.1 Å². The number of halogens is 2. The standard InChI is InChI=1S/C15H13Br2NO3/c1-9-5-10(2)15(14(6-9)18(19)20)21-12-4-3-11(8-16)13(17)7-12/h3-7H,8H2,1-2H3. The van der Waals surface area contributed by atoms with Gasteiger partial charge in [-0.3, -0.25) is 10.1 Å². The highest BCUT2D eigenvalue weighted by atomic mass is 79.9. The van der Waals surface area contributed by atoms with Gasteiger partial charge in [0.05, 0.1) is 4.92 Å². The summed E-state index contributed by atoms with van der Waals surface area (Å²) in [5.74, 6) is 0.839. The maximum Gasteiger partial charge on any atom is 0.312 e. The van der Waals surface area contributed by atoms with Crippen LogP contribution in [0.2, 0.25) is 0 Å². The van der Waals surface area contributed by atoms with Crippen molar-refractivity contribution < 1.29 is 9.66 Å². The number of nitro benzene ring substituents is 1. The summed E-state index contributed by atoms with van der Waals surface area (Å²) in [6.07, 6.45) is 0. The van der Waals surface area contributed by atoms with Gasteiger partial charge in [-0.2, -0.15) is 0 Å². The first-order chi connectivity index (χ1) is 9.92. The summed E-state index contributed by atoms with van der Waals surface area (Å²) in [7, 11) is 0. The normalized spacial score (nSPS) is 10.5. The Labute approximate surface area is 139 Å². The summed E-state index contributed by atoms with van der Waals surface area (Å²) in [4.78, 5) is 10.8. The number of nitrogens with zero attached hydrogens (tertiary/aromatic N) is 1. The third-order valence-corrected chi connectivity index (χ3v) is 4.33. The van der Waals surface area contributed by atoms with Crippen LogP contribution in [0.1, 0.15) is 16.7 Å². The Balaban J connectivity index is 2.44. The van der Waals surface area contributed by atoms with Crippen molar-refractivity contribution in [2.45, 2.75) is 19.2 Å². The number of rotatable bonds is 4. The Morgan fingerprint density at radius 1 is 1.24 bits per heavy atom. The van der Waals surface area contributed by atoms with Crippen LogP contribution in [0, 0.1) is 24.0 Å². The molecule has 0 saturated heterocycles. The highest BCUT2D eigenvalue weighted by molar-refractivity contribution is 9.10. The van der Waals surface area contributed by atoms with Crippen molar-refractivity contribution in [2.24, 2.45) is 0 Å². The highest BCUT2D eigenvalue weighted by Gasteiger charge is 2.19. The fourth-order valence-electron chi connectivity index (χ4n) is 2.02. The van der Waals surface area contributed by atoms with Gasteiger partial charge >= 0.3 is 5.69 Å². The van der Waals surface area contributed by atoms with Crippen LogP contribution < -0.4 is 4.74 Å². The van der Waals surface area contributed by atoms with Crippen LogP contribution in [0.15, 0.2) is 34.8 Å². The van der Waals surface area contributed by atoms with Gasteiger partial charge in [0.1, 0.15) is 5.75 Å². The second-order valence-corrected chi connectivity index (χ2v) is 6.09. The first-order valence-electron chi connectivity index (χ1n) is 6.20. The second-order valence-electron chi connectivity index (χ2n) is 4.68. The topological polar surface area (TPSA) is 52.4 Å². The van der Waals surface area contributed by atoms with E-state index in [1.807, 2.05) is 19.1 Å². The molecule has 0 heterocycles. The predicted octanol–water partition coefficient (Wildman–Crippen LogP) is 5.66. The van der Waals surface area contributed by atoms with E-state index in [1.165, 1.54) is 6.07 Å². The molecule has 21 heavy (non-hydrogen) atoms. The Morgan fingerprint density at radius 2 is 1.95 bits per heavy atom. The maximum absolute atomic E-state index is 11.2. The van der Waals surface area contributed by atoms with Crippen LogP contribution in [0.25, 0.3) is 0 Å². The Hall–Kier alpha value is -1.40. The van der Waals surface area contributed by atoms with Gasteiger partial charge in [0, 0.05) is 15.9 Å². The van der Waals surface area contributed by atoms with E-state index in [4.69, 9.17) is 4.74 Å². The van der Waals surface area contributed by atoms with E-state index in [-0.39, 0.29) is 11.4 Å². The number of ether oxygens (including phenoxy) is 1. The van der Waals surface area contributed by atoms with E-state index in [9.17, 15) is 10.1 Å². The van der Waals surface area contributed by atoms with E-state index in [2.05, 4.69) is 31.9 Å². The van der Waals surface area contributed by atoms with E-state index >= 15 is 0 Å². The molecule has 0 N–H and O–H groups in total. The van der Waals surface area contributed by atoms with Gasteiger partial charge in [0.2, 0.25) is 5.75 Å². The SMILES string of the molecule is Cc1cc(C)c(Oc2ccc(CBr)c(Br)c2)c([N+](=O)[O-])c1. The van der Waals surface area contributed by atoms with Crippen LogP contribution in [-0.4, -0.2) is 4.92 Å². The van der Waals surface area contributed by atoms with Crippen molar-refractivity contribution >= 4 is 37.5 Å². The van der Waals surface area contributed by atoms with Crippen molar-refractivity contribution in [2.75, 3.05) is 0 Å². The lowest BCUT2D eigenvalue weighted by atomic mass is 10.1. The molecule has 0 fully saturated rings. The Kier molecular flexibility index (Phi) is 5.00.